The summed E-state index contributed by atoms with van der Waals surface area (Å²) < 4.78 is 0. The molecule has 0 heterocycles. The molecule has 3 aliphatic carbocycles. The van der Waals surface area contributed by atoms with Gasteiger partial charge in [-0.15, -0.1) is 0 Å². The molecule has 0 aromatic carbocycles. The molecular formula is C28H46O3. The van der Waals surface area contributed by atoms with Gasteiger partial charge in [0.25, 0.3) is 0 Å². The summed E-state index contributed by atoms with van der Waals surface area (Å²) in [5, 5.41) is 20.1. The first-order valence-corrected chi connectivity index (χ1v) is 12.8. The zero-order chi connectivity index (χ0) is 23.0. The van der Waals surface area contributed by atoms with Gasteiger partial charge >= 0.3 is 0 Å². The van der Waals surface area contributed by atoms with Crippen molar-refractivity contribution in [1.82, 2.24) is 0 Å². The molecule has 3 nitrogen and oxygen atoms in total. The molecule has 3 heteroatoms. The van der Waals surface area contributed by atoms with E-state index in [0.717, 1.165) is 38.5 Å². The fraction of sp³-hybridized carbons (Fsp3) is 0.821. The molecule has 0 aromatic heterocycles. The van der Waals surface area contributed by atoms with Gasteiger partial charge in [-0.25, -0.2) is 0 Å². The number of hydrogen-bond acceptors (Lipinski definition) is 3. The third kappa shape index (κ3) is 4.60. The largest absolute Gasteiger partial charge is 0.396 e. The van der Waals surface area contributed by atoms with Crippen molar-refractivity contribution in [3.8, 4) is 0 Å². The number of carbonyl (C=O) groups is 1. The average Bonchev–Trinajstić information content (AvgIpc) is 3.04. The maximum absolute atomic E-state index is 13.8. The Morgan fingerprint density at radius 3 is 2.48 bits per heavy atom. The predicted octanol–water partition coefficient (Wildman–Crippen LogP) is 5.95. The summed E-state index contributed by atoms with van der Waals surface area (Å²) in [6, 6.07) is 0. The van der Waals surface area contributed by atoms with Crippen molar-refractivity contribution in [3.05, 3.63) is 23.8 Å². The Kier molecular flexibility index (Phi) is 7.58. The standard InChI is InChI=1S/C28H46O3/c1-18(2)19(3)7-8-20(4)24-11-12-25(28(24,6)15-16-29)23-10-9-21-17-22(30)13-14-27(21,5)26(23)31/h7-9,18-20,22-25,29-30H,10-17H2,1-6H3. The van der Waals surface area contributed by atoms with Gasteiger partial charge in [-0.1, -0.05) is 58.4 Å². The molecule has 0 aromatic rings. The Bertz CT molecular complexity index is 707. The van der Waals surface area contributed by atoms with Crippen LogP contribution in [-0.4, -0.2) is 28.7 Å². The molecule has 3 aliphatic rings. The van der Waals surface area contributed by atoms with E-state index in [1.807, 2.05) is 0 Å². The molecule has 8 atom stereocenters. The van der Waals surface area contributed by atoms with E-state index in [9.17, 15) is 15.0 Å². The zero-order valence-electron chi connectivity index (χ0n) is 20.7. The number of ketones is 1. The van der Waals surface area contributed by atoms with Crippen molar-refractivity contribution < 1.29 is 15.0 Å². The highest BCUT2D eigenvalue weighted by Crippen LogP contribution is 2.59. The molecule has 0 bridgehead atoms. The van der Waals surface area contributed by atoms with Crippen LogP contribution in [-0.2, 0) is 4.79 Å². The Morgan fingerprint density at radius 1 is 1.13 bits per heavy atom. The summed E-state index contributed by atoms with van der Waals surface area (Å²) in [6.07, 6.45) is 12.7. The quantitative estimate of drug-likeness (QED) is 0.491. The monoisotopic (exact) mass is 430 g/mol. The van der Waals surface area contributed by atoms with E-state index < -0.39 is 5.41 Å². The summed E-state index contributed by atoms with van der Waals surface area (Å²) >= 11 is 0. The number of rotatable bonds is 7. The van der Waals surface area contributed by atoms with E-state index in [-0.39, 0.29) is 24.0 Å². The molecule has 0 saturated heterocycles. The van der Waals surface area contributed by atoms with E-state index >= 15 is 0 Å². The van der Waals surface area contributed by atoms with Gasteiger partial charge in [-0.05, 0) is 86.9 Å². The van der Waals surface area contributed by atoms with Crippen LogP contribution in [0.1, 0.15) is 86.5 Å². The van der Waals surface area contributed by atoms with Crippen molar-refractivity contribution >= 4 is 5.78 Å². The molecule has 2 saturated carbocycles. The number of carbonyl (C=O) groups excluding carboxylic acids is 1. The van der Waals surface area contributed by atoms with Crippen molar-refractivity contribution in [2.24, 2.45) is 46.3 Å². The fourth-order valence-electron chi connectivity index (χ4n) is 7.06. The van der Waals surface area contributed by atoms with Gasteiger partial charge in [0.1, 0.15) is 5.78 Å². The summed E-state index contributed by atoms with van der Waals surface area (Å²) in [5.74, 6) is 2.94. The summed E-state index contributed by atoms with van der Waals surface area (Å²) in [4.78, 5) is 13.8. The summed E-state index contributed by atoms with van der Waals surface area (Å²) in [5.41, 5.74) is 0.763. The van der Waals surface area contributed by atoms with Crippen LogP contribution in [0.3, 0.4) is 0 Å². The molecule has 0 radical (unpaired) electrons. The Hall–Kier alpha value is -0.930. The number of allylic oxidation sites excluding steroid dienone is 3. The van der Waals surface area contributed by atoms with Crippen LogP contribution in [0.2, 0.25) is 0 Å². The van der Waals surface area contributed by atoms with Gasteiger partial charge in [-0.2, -0.15) is 0 Å². The van der Waals surface area contributed by atoms with Gasteiger partial charge in [0.15, 0.2) is 0 Å². The molecule has 31 heavy (non-hydrogen) atoms. The fourth-order valence-corrected chi connectivity index (χ4v) is 7.06. The van der Waals surface area contributed by atoms with Gasteiger partial charge < -0.3 is 10.2 Å². The lowest BCUT2D eigenvalue weighted by molar-refractivity contribution is -0.136. The summed E-state index contributed by atoms with van der Waals surface area (Å²) in [6.45, 7) is 13.8. The third-order valence-corrected chi connectivity index (χ3v) is 9.66. The second-order valence-corrected chi connectivity index (χ2v) is 11.8. The Balaban J connectivity index is 1.84. The predicted molar refractivity (Wildman–Crippen MR) is 127 cm³/mol. The Labute approximate surface area is 190 Å². The number of aliphatic hydroxyl groups is 2. The first-order valence-electron chi connectivity index (χ1n) is 12.8. The molecular weight excluding hydrogens is 384 g/mol. The number of Topliss-reactive ketones (excluding diaryl/α,β-unsaturated/α-hetero) is 1. The van der Waals surface area contributed by atoms with Crippen LogP contribution in [0.25, 0.3) is 0 Å². The second-order valence-electron chi connectivity index (χ2n) is 11.8. The van der Waals surface area contributed by atoms with Crippen LogP contribution in [0, 0.1) is 46.3 Å². The zero-order valence-corrected chi connectivity index (χ0v) is 20.7. The van der Waals surface area contributed by atoms with Gasteiger partial charge in [0.05, 0.1) is 6.10 Å². The van der Waals surface area contributed by atoms with Crippen LogP contribution in [0.5, 0.6) is 0 Å². The van der Waals surface area contributed by atoms with Crippen molar-refractivity contribution in [2.45, 2.75) is 92.6 Å². The first-order chi connectivity index (χ1) is 14.5. The van der Waals surface area contributed by atoms with E-state index in [1.54, 1.807) is 0 Å². The van der Waals surface area contributed by atoms with E-state index in [0.29, 0.717) is 41.8 Å². The van der Waals surface area contributed by atoms with Crippen molar-refractivity contribution in [3.63, 3.8) is 0 Å². The lowest BCUT2D eigenvalue weighted by Gasteiger charge is -2.47. The van der Waals surface area contributed by atoms with Crippen molar-refractivity contribution in [1.29, 1.82) is 0 Å². The molecule has 2 fully saturated rings. The van der Waals surface area contributed by atoms with Gasteiger partial charge in [0, 0.05) is 17.9 Å². The number of aliphatic hydroxyl groups excluding tert-OH is 2. The molecule has 2 N–H and O–H groups in total. The Morgan fingerprint density at radius 2 is 1.84 bits per heavy atom. The number of fused-ring (bicyclic) bond motifs is 1. The minimum Gasteiger partial charge on any atom is -0.396 e. The SMILES string of the molecule is CC(C)C(C)C=CC(C)C1CCC(C2CC=C3CC(O)CCC3(C)C2=O)C1(C)CCO. The smallest absolute Gasteiger partial charge is 0.146 e. The highest BCUT2D eigenvalue weighted by atomic mass is 16.3. The highest BCUT2D eigenvalue weighted by Gasteiger charge is 2.55. The maximum atomic E-state index is 13.8. The normalized spacial score (nSPS) is 40.8. The minimum absolute atomic E-state index is 0.0181. The molecule has 0 amide bonds. The van der Waals surface area contributed by atoms with Crippen LogP contribution in [0.4, 0.5) is 0 Å². The lowest BCUT2D eigenvalue weighted by Crippen LogP contribution is -2.47. The topological polar surface area (TPSA) is 57.5 Å². The average molecular weight is 431 g/mol. The van der Waals surface area contributed by atoms with E-state index in [1.165, 1.54) is 5.57 Å². The highest BCUT2D eigenvalue weighted by molar-refractivity contribution is 5.91. The minimum atomic E-state index is -0.390. The van der Waals surface area contributed by atoms with Crippen LogP contribution in [0.15, 0.2) is 23.8 Å². The van der Waals surface area contributed by atoms with Gasteiger partial charge in [0.2, 0.25) is 0 Å². The molecule has 0 aliphatic heterocycles. The van der Waals surface area contributed by atoms with E-state index in [2.05, 4.69) is 59.8 Å². The molecule has 8 unspecified atom stereocenters. The first kappa shape index (κ1) is 24.7. The molecule has 176 valence electrons. The number of hydrogen-bond donors (Lipinski definition) is 2. The van der Waals surface area contributed by atoms with Crippen molar-refractivity contribution in [2.75, 3.05) is 6.61 Å². The summed E-state index contributed by atoms with van der Waals surface area (Å²) in [7, 11) is 0. The van der Waals surface area contributed by atoms with Gasteiger partial charge in [-0.3, -0.25) is 4.79 Å². The maximum Gasteiger partial charge on any atom is 0.146 e. The van der Waals surface area contributed by atoms with E-state index in [4.69, 9.17) is 0 Å². The third-order valence-electron chi connectivity index (χ3n) is 9.66. The molecule has 3 rings (SSSR count). The van der Waals surface area contributed by atoms with Crippen LogP contribution >= 0.6 is 0 Å². The second kappa shape index (κ2) is 9.51. The lowest BCUT2D eigenvalue weighted by atomic mass is 9.56. The van der Waals surface area contributed by atoms with Crippen LogP contribution < -0.4 is 0 Å². The molecule has 0 spiro atoms.